The molecule has 168 valence electrons. The predicted molar refractivity (Wildman–Crippen MR) is 128 cm³/mol. The van der Waals surface area contributed by atoms with Crippen LogP contribution in [0.4, 0.5) is 14.3 Å². The van der Waals surface area contributed by atoms with E-state index in [-0.39, 0.29) is 11.5 Å². The highest BCUT2D eigenvalue weighted by molar-refractivity contribution is 6.53. The molecule has 8 heteroatoms. The summed E-state index contributed by atoms with van der Waals surface area (Å²) < 4.78 is 39.5. The quantitative estimate of drug-likeness (QED) is 0.464. The fraction of sp³-hybridized carbons (Fsp3) is 0.250. The van der Waals surface area contributed by atoms with Gasteiger partial charge in [-0.1, -0.05) is 18.2 Å². The van der Waals surface area contributed by atoms with Crippen molar-refractivity contribution >= 4 is 30.9 Å². The van der Waals surface area contributed by atoms with Crippen molar-refractivity contribution in [3.8, 4) is 0 Å². The lowest BCUT2D eigenvalue weighted by atomic mass is 10.1. The highest BCUT2D eigenvalue weighted by atomic mass is 19.3. The minimum Gasteiger partial charge on any atom is -0.627 e. The van der Waals surface area contributed by atoms with E-state index in [1.807, 2.05) is 55.4 Å². The summed E-state index contributed by atoms with van der Waals surface area (Å²) in [4.78, 5) is 6.42. The normalized spacial score (nSPS) is 19.8. The highest BCUT2D eigenvalue weighted by Crippen LogP contribution is 2.28. The summed E-state index contributed by atoms with van der Waals surface area (Å²) in [6.45, 7) is 5.86. The third kappa shape index (κ3) is 6.29. The maximum absolute atomic E-state index is 14.0. The Morgan fingerprint density at radius 3 is 2.31 bits per heavy atom. The fourth-order valence-corrected chi connectivity index (χ4v) is 3.19. The van der Waals surface area contributed by atoms with Crippen molar-refractivity contribution in [3.05, 3.63) is 83.4 Å². The number of aliphatic imine (C=N–C) groups is 1. The summed E-state index contributed by atoms with van der Waals surface area (Å²) >= 11 is 0. The smallest absolute Gasteiger partial charge is 0.627 e. The molecule has 32 heavy (non-hydrogen) atoms. The molecular formula is C24H28BF2N3O2. The highest BCUT2D eigenvalue weighted by Gasteiger charge is 2.36. The van der Waals surface area contributed by atoms with Crippen LogP contribution in [0.5, 0.6) is 0 Å². The molecule has 0 spiro atoms. The van der Waals surface area contributed by atoms with Gasteiger partial charge in [0, 0.05) is 37.5 Å². The Bertz CT molecular complexity index is 1030. The molecular weight excluding hydrogens is 411 g/mol. The molecule has 2 heterocycles. The molecule has 0 aliphatic carbocycles. The fourth-order valence-electron chi connectivity index (χ4n) is 3.19. The van der Waals surface area contributed by atoms with Crippen molar-refractivity contribution < 1.29 is 22.5 Å². The van der Waals surface area contributed by atoms with Crippen molar-refractivity contribution in [2.24, 2.45) is 4.99 Å². The first-order valence-corrected chi connectivity index (χ1v) is 10.6. The number of hydrogen-bond donors (Lipinski definition) is 0. The monoisotopic (exact) mass is 439 g/mol. The average molecular weight is 439 g/mol. The second kappa shape index (κ2) is 10.3. The zero-order valence-corrected chi connectivity index (χ0v) is 18.8. The Hall–Kier alpha value is -3.42. The van der Waals surface area contributed by atoms with Crippen LogP contribution in [0.15, 0.2) is 82.8 Å². The average Bonchev–Trinajstić information content (AvgIpc) is 2.77. The van der Waals surface area contributed by atoms with Crippen molar-refractivity contribution in [3.63, 3.8) is 0 Å². The summed E-state index contributed by atoms with van der Waals surface area (Å²) in [5.41, 5.74) is 2.71. The van der Waals surface area contributed by atoms with Crippen LogP contribution in [-0.2, 0) is 9.31 Å². The van der Waals surface area contributed by atoms with E-state index in [1.165, 1.54) is 18.2 Å². The van der Waals surface area contributed by atoms with Crippen LogP contribution in [-0.4, -0.2) is 50.9 Å². The third-order valence-electron chi connectivity index (χ3n) is 4.98. The van der Waals surface area contributed by atoms with Crippen LogP contribution in [0.1, 0.15) is 19.4 Å². The molecule has 0 saturated carbocycles. The first-order chi connectivity index (χ1) is 15.3. The summed E-state index contributed by atoms with van der Waals surface area (Å²) in [5.74, 6) is 0.937. The maximum Gasteiger partial charge on any atom is 0.725 e. The van der Waals surface area contributed by atoms with Gasteiger partial charge in [-0.2, -0.15) is 0 Å². The van der Waals surface area contributed by atoms with Gasteiger partial charge < -0.3 is 22.8 Å². The predicted octanol–water partition coefficient (Wildman–Crippen LogP) is 4.97. The number of hydrogen-bond acceptors (Lipinski definition) is 3. The molecule has 0 radical (unpaired) electrons. The van der Waals surface area contributed by atoms with Gasteiger partial charge in [0.15, 0.2) is 0 Å². The zero-order valence-electron chi connectivity index (χ0n) is 18.8. The van der Waals surface area contributed by atoms with E-state index in [0.717, 1.165) is 35.7 Å². The van der Waals surface area contributed by atoms with Gasteiger partial charge in [0.1, 0.15) is 6.21 Å². The Balaban J connectivity index is 1.77. The third-order valence-corrected chi connectivity index (χ3v) is 4.98. The number of amidine groups is 1. The van der Waals surface area contributed by atoms with Crippen LogP contribution >= 0.6 is 0 Å². The van der Waals surface area contributed by atoms with Gasteiger partial charge >= 0.3 is 12.9 Å². The van der Waals surface area contributed by atoms with Gasteiger partial charge in [0.25, 0.3) is 0 Å². The van der Waals surface area contributed by atoms with Crippen LogP contribution in [0, 0.1) is 0 Å². The molecule has 1 aromatic carbocycles. The van der Waals surface area contributed by atoms with Crippen molar-refractivity contribution in [1.29, 1.82) is 0 Å². The lowest BCUT2D eigenvalue weighted by molar-refractivity contribution is -0.520. The first kappa shape index (κ1) is 23.3. The SMILES string of the molecule is CC[N+](CC)=C1C=CC(=CC=C2C=C(/C=C/c3ccc(N(C)C)cc3)O[B-](F)(F)O2)C=N1. The molecule has 0 bridgehead atoms. The summed E-state index contributed by atoms with van der Waals surface area (Å²) in [6.07, 6.45) is 13.4. The van der Waals surface area contributed by atoms with E-state index in [9.17, 15) is 8.63 Å². The van der Waals surface area contributed by atoms with E-state index in [1.54, 1.807) is 18.4 Å². The van der Waals surface area contributed by atoms with Crippen LogP contribution in [0.3, 0.4) is 0 Å². The number of rotatable bonds is 6. The molecule has 3 rings (SSSR count). The van der Waals surface area contributed by atoms with E-state index in [0.29, 0.717) is 0 Å². The molecule has 0 saturated heterocycles. The molecule has 2 aliphatic heterocycles. The van der Waals surface area contributed by atoms with Gasteiger partial charge in [-0.3, -0.25) is 4.58 Å². The number of allylic oxidation sites excluding steroid dienone is 6. The first-order valence-electron chi connectivity index (χ1n) is 10.6. The van der Waals surface area contributed by atoms with Crippen molar-refractivity contribution in [2.45, 2.75) is 13.8 Å². The molecule has 2 aliphatic rings. The Morgan fingerprint density at radius 2 is 1.72 bits per heavy atom. The molecule has 0 fully saturated rings. The Morgan fingerprint density at radius 1 is 1.00 bits per heavy atom. The minimum atomic E-state index is -4.44. The van der Waals surface area contributed by atoms with Crippen LogP contribution in [0.2, 0.25) is 0 Å². The zero-order chi connectivity index (χ0) is 23.1. The Kier molecular flexibility index (Phi) is 7.46. The molecule has 1 aromatic rings. The van der Waals surface area contributed by atoms with E-state index < -0.39 is 7.11 Å². The van der Waals surface area contributed by atoms with E-state index >= 15 is 0 Å². The lowest BCUT2D eigenvalue weighted by Gasteiger charge is -2.33. The van der Waals surface area contributed by atoms with Gasteiger partial charge in [-0.25, -0.2) is 0 Å². The molecule has 5 nitrogen and oxygen atoms in total. The molecule has 0 atom stereocenters. The van der Waals surface area contributed by atoms with Gasteiger partial charge in [-0.15, -0.1) is 0 Å². The number of anilines is 1. The summed E-state index contributed by atoms with van der Waals surface area (Å²) in [5, 5.41) is 0. The molecule has 0 N–H and O–H groups in total. The standard InChI is InChI=1S/C24H28BF2N3O2/c1-5-30(6-2)24-16-11-20(18-28-24)10-15-23-17-22(31-25(26,27)32-23)14-9-19-7-12-21(13-8-19)29(3)4/h7-18H,5-6H2,1-4H3. The van der Waals surface area contributed by atoms with Crippen LogP contribution in [0.25, 0.3) is 6.08 Å². The van der Waals surface area contributed by atoms with Gasteiger partial charge in [0.2, 0.25) is 0 Å². The molecule has 0 amide bonds. The Labute approximate surface area is 188 Å². The number of dihydropyridines is 1. The second-order valence-corrected chi connectivity index (χ2v) is 7.49. The second-order valence-electron chi connectivity index (χ2n) is 7.49. The number of benzene rings is 1. The van der Waals surface area contributed by atoms with Gasteiger partial charge in [0.05, 0.1) is 24.6 Å². The summed E-state index contributed by atoms with van der Waals surface area (Å²) in [6, 6.07) is 7.73. The summed E-state index contributed by atoms with van der Waals surface area (Å²) in [7, 11) is -0.529. The maximum atomic E-state index is 14.0. The molecule has 0 aromatic heterocycles. The van der Waals surface area contributed by atoms with Crippen LogP contribution < -0.4 is 4.90 Å². The minimum absolute atomic E-state index is 0.0247. The number of nitrogens with zero attached hydrogens (tertiary/aromatic N) is 3. The lowest BCUT2D eigenvalue weighted by Crippen LogP contribution is -2.33. The van der Waals surface area contributed by atoms with Gasteiger partial charge in [-0.05, 0) is 60.8 Å². The van der Waals surface area contributed by atoms with E-state index in [4.69, 9.17) is 9.31 Å². The number of halogens is 2. The topological polar surface area (TPSA) is 37.1 Å². The van der Waals surface area contributed by atoms with E-state index in [2.05, 4.69) is 23.4 Å². The van der Waals surface area contributed by atoms with Crippen molar-refractivity contribution in [1.82, 2.24) is 0 Å². The molecule has 0 unspecified atom stereocenters. The van der Waals surface area contributed by atoms with Crippen molar-refractivity contribution in [2.75, 3.05) is 32.1 Å². The largest absolute Gasteiger partial charge is 0.725 e.